The van der Waals surface area contributed by atoms with Crippen LogP contribution < -0.4 is 10.9 Å². The van der Waals surface area contributed by atoms with Crippen molar-refractivity contribution in [3.8, 4) is 11.1 Å². The average Bonchev–Trinajstić information content (AvgIpc) is 2.39. The Morgan fingerprint density at radius 3 is 2.88 bits per heavy atom. The molecule has 0 spiro atoms. The number of aromatic nitrogens is 1. The predicted octanol–water partition coefficient (Wildman–Crippen LogP) is 1.69. The van der Waals surface area contributed by atoms with Crippen molar-refractivity contribution in [3.63, 3.8) is 0 Å². The Hall–Kier alpha value is -1.87. The maximum atomic E-state index is 11.1. The van der Waals surface area contributed by atoms with E-state index in [2.05, 4.69) is 28.5 Å². The molecule has 3 heteroatoms. The van der Waals surface area contributed by atoms with E-state index in [9.17, 15) is 4.79 Å². The molecule has 1 aromatic carbocycles. The van der Waals surface area contributed by atoms with Crippen LogP contribution in [0.4, 0.5) is 0 Å². The minimum Gasteiger partial charge on any atom is -0.328 e. The van der Waals surface area contributed by atoms with Crippen molar-refractivity contribution in [2.45, 2.75) is 13.0 Å². The third-order valence-corrected chi connectivity index (χ3v) is 3.24. The molecule has 0 bridgehead atoms. The van der Waals surface area contributed by atoms with Crippen LogP contribution in [-0.2, 0) is 13.0 Å². The number of H-pyrrole nitrogens is 1. The average molecular weight is 226 g/mol. The summed E-state index contributed by atoms with van der Waals surface area (Å²) < 4.78 is 0. The molecular formula is C14H14N2O. The summed E-state index contributed by atoms with van der Waals surface area (Å²) in [6.45, 7) is 1.96. The van der Waals surface area contributed by atoms with E-state index < -0.39 is 0 Å². The fraction of sp³-hybridized carbons (Fsp3) is 0.214. The number of rotatable bonds is 1. The minimum absolute atomic E-state index is 0.0554. The van der Waals surface area contributed by atoms with E-state index in [1.165, 1.54) is 16.7 Å². The number of pyridine rings is 1. The minimum atomic E-state index is -0.0554. The molecule has 0 atom stereocenters. The molecule has 3 nitrogen and oxygen atoms in total. The van der Waals surface area contributed by atoms with Gasteiger partial charge in [-0.1, -0.05) is 18.2 Å². The summed E-state index contributed by atoms with van der Waals surface area (Å²) in [6, 6.07) is 9.83. The molecule has 86 valence electrons. The predicted molar refractivity (Wildman–Crippen MR) is 67.9 cm³/mol. The third kappa shape index (κ3) is 1.89. The van der Waals surface area contributed by atoms with Crippen LogP contribution in [0.3, 0.4) is 0 Å². The molecule has 0 unspecified atom stereocenters. The Morgan fingerprint density at radius 2 is 2.06 bits per heavy atom. The lowest BCUT2D eigenvalue weighted by Gasteiger charge is -2.20. The number of hydrogen-bond acceptors (Lipinski definition) is 2. The SMILES string of the molecule is O=c1ccc(-c2cccc3c2CCNC3)c[nH]1. The van der Waals surface area contributed by atoms with E-state index >= 15 is 0 Å². The first kappa shape index (κ1) is 10.3. The van der Waals surface area contributed by atoms with Gasteiger partial charge in [-0.2, -0.15) is 0 Å². The number of fused-ring (bicyclic) bond motifs is 1. The Bertz CT molecular complexity index is 581. The molecule has 1 aliphatic heterocycles. The maximum absolute atomic E-state index is 11.1. The number of benzene rings is 1. The van der Waals surface area contributed by atoms with Gasteiger partial charge in [0.1, 0.15) is 0 Å². The van der Waals surface area contributed by atoms with Crippen molar-refractivity contribution in [1.29, 1.82) is 0 Å². The second kappa shape index (κ2) is 4.18. The van der Waals surface area contributed by atoms with Crippen molar-refractivity contribution >= 4 is 0 Å². The Kier molecular flexibility index (Phi) is 2.53. The Morgan fingerprint density at radius 1 is 1.12 bits per heavy atom. The van der Waals surface area contributed by atoms with Gasteiger partial charge in [0.15, 0.2) is 0 Å². The van der Waals surface area contributed by atoms with Gasteiger partial charge >= 0.3 is 0 Å². The van der Waals surface area contributed by atoms with Crippen LogP contribution in [0.15, 0.2) is 41.3 Å². The van der Waals surface area contributed by atoms with Gasteiger partial charge in [-0.3, -0.25) is 4.79 Å². The van der Waals surface area contributed by atoms with E-state index in [1.807, 2.05) is 6.07 Å². The van der Waals surface area contributed by atoms with E-state index in [0.29, 0.717) is 0 Å². The summed E-state index contributed by atoms with van der Waals surface area (Å²) >= 11 is 0. The van der Waals surface area contributed by atoms with E-state index in [4.69, 9.17) is 0 Å². The zero-order valence-corrected chi connectivity index (χ0v) is 9.49. The fourth-order valence-electron chi connectivity index (χ4n) is 2.38. The van der Waals surface area contributed by atoms with Crippen LogP contribution in [0.1, 0.15) is 11.1 Å². The highest BCUT2D eigenvalue weighted by molar-refractivity contribution is 5.68. The molecule has 2 N–H and O–H groups in total. The zero-order valence-electron chi connectivity index (χ0n) is 9.49. The van der Waals surface area contributed by atoms with Crippen LogP contribution in [-0.4, -0.2) is 11.5 Å². The quantitative estimate of drug-likeness (QED) is 0.777. The lowest BCUT2D eigenvalue weighted by molar-refractivity contribution is 0.645. The molecule has 2 heterocycles. The molecular weight excluding hydrogens is 212 g/mol. The van der Waals surface area contributed by atoms with Gasteiger partial charge in [0.25, 0.3) is 0 Å². The lowest BCUT2D eigenvalue weighted by atomic mass is 9.92. The monoisotopic (exact) mass is 226 g/mol. The van der Waals surface area contributed by atoms with E-state index in [1.54, 1.807) is 12.3 Å². The van der Waals surface area contributed by atoms with Gasteiger partial charge in [0, 0.05) is 18.8 Å². The molecule has 2 aromatic rings. The zero-order chi connectivity index (χ0) is 11.7. The van der Waals surface area contributed by atoms with Crippen LogP contribution in [0.5, 0.6) is 0 Å². The van der Waals surface area contributed by atoms with Crippen LogP contribution >= 0.6 is 0 Å². The first-order valence-electron chi connectivity index (χ1n) is 5.85. The van der Waals surface area contributed by atoms with Gasteiger partial charge < -0.3 is 10.3 Å². The Labute approximate surface area is 99.5 Å². The molecule has 17 heavy (non-hydrogen) atoms. The molecule has 1 aliphatic rings. The number of hydrogen-bond donors (Lipinski definition) is 2. The number of aromatic amines is 1. The van der Waals surface area contributed by atoms with Gasteiger partial charge in [0.05, 0.1) is 0 Å². The molecule has 0 saturated carbocycles. The highest BCUT2D eigenvalue weighted by Crippen LogP contribution is 2.27. The van der Waals surface area contributed by atoms with Crippen molar-refractivity contribution in [1.82, 2.24) is 10.3 Å². The Balaban J connectivity index is 2.14. The third-order valence-electron chi connectivity index (χ3n) is 3.24. The fourth-order valence-corrected chi connectivity index (χ4v) is 2.38. The molecule has 0 amide bonds. The lowest BCUT2D eigenvalue weighted by Crippen LogP contribution is -2.24. The van der Waals surface area contributed by atoms with Crippen LogP contribution in [0.2, 0.25) is 0 Å². The van der Waals surface area contributed by atoms with E-state index in [-0.39, 0.29) is 5.56 Å². The summed E-state index contributed by atoms with van der Waals surface area (Å²) in [7, 11) is 0. The maximum Gasteiger partial charge on any atom is 0.247 e. The highest BCUT2D eigenvalue weighted by atomic mass is 16.1. The first-order chi connectivity index (χ1) is 8.34. The summed E-state index contributed by atoms with van der Waals surface area (Å²) in [5.74, 6) is 0. The molecule has 3 rings (SSSR count). The summed E-state index contributed by atoms with van der Waals surface area (Å²) in [4.78, 5) is 13.8. The largest absolute Gasteiger partial charge is 0.328 e. The van der Waals surface area contributed by atoms with Crippen molar-refractivity contribution in [2.24, 2.45) is 0 Å². The van der Waals surface area contributed by atoms with Gasteiger partial charge in [-0.25, -0.2) is 0 Å². The second-order valence-corrected chi connectivity index (χ2v) is 4.31. The topological polar surface area (TPSA) is 44.9 Å². The highest BCUT2D eigenvalue weighted by Gasteiger charge is 2.13. The molecule has 0 fully saturated rings. The second-order valence-electron chi connectivity index (χ2n) is 4.31. The standard InChI is InChI=1S/C14H14N2O/c17-14-5-4-11(9-16-14)12-3-1-2-10-8-15-7-6-13(10)12/h1-5,9,15H,6-8H2,(H,16,17). The van der Waals surface area contributed by atoms with Crippen LogP contribution in [0, 0.1) is 0 Å². The smallest absolute Gasteiger partial charge is 0.247 e. The summed E-state index contributed by atoms with van der Waals surface area (Å²) in [6.07, 6.45) is 2.84. The summed E-state index contributed by atoms with van der Waals surface area (Å²) in [5.41, 5.74) is 5.03. The normalized spacial score (nSPS) is 14.4. The van der Waals surface area contributed by atoms with Crippen molar-refractivity contribution in [3.05, 3.63) is 58.0 Å². The number of nitrogens with one attached hydrogen (secondary N) is 2. The molecule has 0 radical (unpaired) electrons. The first-order valence-corrected chi connectivity index (χ1v) is 5.85. The van der Waals surface area contributed by atoms with Crippen molar-refractivity contribution < 1.29 is 0 Å². The van der Waals surface area contributed by atoms with E-state index in [0.717, 1.165) is 25.1 Å². The van der Waals surface area contributed by atoms with Gasteiger partial charge in [-0.15, -0.1) is 0 Å². The van der Waals surface area contributed by atoms with Gasteiger partial charge in [-0.05, 0) is 41.3 Å². The molecule has 0 aliphatic carbocycles. The van der Waals surface area contributed by atoms with Crippen LogP contribution in [0.25, 0.3) is 11.1 Å². The van der Waals surface area contributed by atoms with Crippen molar-refractivity contribution in [2.75, 3.05) is 6.54 Å². The van der Waals surface area contributed by atoms with Gasteiger partial charge in [0.2, 0.25) is 5.56 Å². The molecule has 0 saturated heterocycles. The molecule has 1 aromatic heterocycles. The summed E-state index contributed by atoms with van der Waals surface area (Å²) in [5, 5.41) is 3.37.